The highest BCUT2D eigenvalue weighted by Crippen LogP contribution is 1.62. The molecule has 0 aliphatic rings. The summed E-state index contributed by atoms with van der Waals surface area (Å²) in [6.07, 6.45) is 5.08. The van der Waals surface area contributed by atoms with Crippen LogP contribution in [0.5, 0.6) is 0 Å². The number of hydrogen-bond acceptors (Lipinski definition) is 1. The summed E-state index contributed by atoms with van der Waals surface area (Å²) >= 11 is 0. The second-order valence-corrected chi connectivity index (χ2v) is 0.761. The molecule has 9 heavy (non-hydrogen) atoms. The third-order valence-electron chi connectivity index (χ3n) is 0.406. The summed E-state index contributed by atoms with van der Waals surface area (Å²) in [6.45, 7) is 0. The van der Waals surface area contributed by atoms with Crippen molar-refractivity contribution in [1.29, 1.82) is 0 Å². The van der Waals surface area contributed by atoms with Crippen LogP contribution in [0.2, 0.25) is 0 Å². The summed E-state index contributed by atoms with van der Waals surface area (Å²) in [5.41, 5.74) is 0. The van der Waals surface area contributed by atoms with Gasteiger partial charge in [0, 0.05) is 22.3 Å². The zero-order chi connectivity index (χ0) is 3.54. The molecule has 0 amide bonds. The first kappa shape index (κ1) is 22.7. The Hall–Kier alpha value is 0.510. The summed E-state index contributed by atoms with van der Waals surface area (Å²) in [5.74, 6) is 0. The summed E-state index contributed by atoms with van der Waals surface area (Å²) in [7, 11) is 0. The average molecular weight is 208 g/mol. The van der Waals surface area contributed by atoms with Gasteiger partial charge in [-0.2, -0.15) is 0 Å². The maximum Gasteiger partial charge on any atom is 0.0919 e. The van der Waals surface area contributed by atoms with E-state index in [9.17, 15) is 0 Å². The lowest BCUT2D eigenvalue weighted by Crippen LogP contribution is -1.44. The molecule has 1 rings (SSSR count). The number of nitrogens with zero attached hydrogens (tertiary/aromatic N) is 1. The number of halogens is 3. The second kappa shape index (κ2) is 15.8. The molecule has 1 aromatic heterocycles. The Bertz CT molecular complexity index is 73.5. The maximum atomic E-state index is 3.67. The molecular formula is C3H7Cl3N2P. The third-order valence-corrected chi connectivity index (χ3v) is 0.406. The Morgan fingerprint density at radius 1 is 1.11 bits per heavy atom. The number of imidazole rings is 1. The lowest BCUT2D eigenvalue weighted by Gasteiger charge is -1.46. The largest absolute Gasteiger partial charge is 0.351 e. The highest BCUT2D eigenvalue weighted by atomic mass is 35.5. The minimum absolute atomic E-state index is 0. The maximum absolute atomic E-state index is 3.67. The predicted molar refractivity (Wildman–Crippen MR) is 47.3 cm³/mol. The molecule has 0 bridgehead atoms. The van der Waals surface area contributed by atoms with E-state index in [-0.39, 0.29) is 47.1 Å². The Labute approximate surface area is 76.1 Å². The Kier molecular flexibility index (Phi) is 39.8. The summed E-state index contributed by atoms with van der Waals surface area (Å²) < 4.78 is 0. The van der Waals surface area contributed by atoms with Crippen molar-refractivity contribution < 1.29 is 0 Å². The quantitative estimate of drug-likeness (QED) is 0.652. The predicted octanol–water partition coefficient (Wildman–Crippen LogP) is 2.54. The molecule has 55 valence electrons. The molecule has 3 radical (unpaired) electrons. The normalized spacial score (nSPS) is 4.44. The summed E-state index contributed by atoms with van der Waals surface area (Å²) in [6, 6.07) is 0. The van der Waals surface area contributed by atoms with E-state index in [1.165, 1.54) is 0 Å². The van der Waals surface area contributed by atoms with Gasteiger partial charge in [0.1, 0.15) is 0 Å². The molecule has 0 atom stereocenters. The fraction of sp³-hybridized carbons (Fsp3) is 0. The number of aromatic amines is 1. The van der Waals surface area contributed by atoms with Crippen LogP contribution in [0.25, 0.3) is 0 Å². The first-order chi connectivity index (χ1) is 2.50. The molecule has 1 aromatic rings. The van der Waals surface area contributed by atoms with Crippen molar-refractivity contribution in [1.82, 2.24) is 9.97 Å². The zero-order valence-electron chi connectivity index (χ0n) is 4.35. The van der Waals surface area contributed by atoms with Crippen LogP contribution in [-0.2, 0) is 0 Å². The van der Waals surface area contributed by atoms with Gasteiger partial charge in [0.2, 0.25) is 0 Å². The molecule has 2 nitrogen and oxygen atoms in total. The SMILES string of the molecule is Cl.Cl.Cl.[P].c1c[nH]cn1. The van der Waals surface area contributed by atoms with Gasteiger partial charge in [-0.05, 0) is 0 Å². The first-order valence-corrected chi connectivity index (χ1v) is 1.43. The van der Waals surface area contributed by atoms with Crippen LogP contribution in [-0.4, -0.2) is 9.97 Å². The Morgan fingerprint density at radius 3 is 1.78 bits per heavy atom. The molecule has 6 heteroatoms. The topological polar surface area (TPSA) is 28.7 Å². The van der Waals surface area contributed by atoms with Crippen LogP contribution in [0.15, 0.2) is 18.7 Å². The second-order valence-electron chi connectivity index (χ2n) is 0.761. The van der Waals surface area contributed by atoms with E-state index >= 15 is 0 Å². The van der Waals surface area contributed by atoms with Gasteiger partial charge in [-0.3, -0.25) is 0 Å². The van der Waals surface area contributed by atoms with Crippen LogP contribution >= 0.6 is 47.1 Å². The van der Waals surface area contributed by atoms with Gasteiger partial charge in [0.15, 0.2) is 0 Å². The molecule has 0 aliphatic carbocycles. The van der Waals surface area contributed by atoms with Crippen molar-refractivity contribution in [3.8, 4) is 0 Å². The number of H-pyrrole nitrogens is 1. The fourth-order valence-electron chi connectivity index (χ4n) is 0.215. The Morgan fingerprint density at radius 2 is 1.67 bits per heavy atom. The number of rotatable bonds is 0. The van der Waals surface area contributed by atoms with Gasteiger partial charge in [0.05, 0.1) is 6.33 Å². The molecule has 0 aromatic carbocycles. The van der Waals surface area contributed by atoms with E-state index in [0.29, 0.717) is 0 Å². The van der Waals surface area contributed by atoms with E-state index in [1.807, 2.05) is 0 Å². The van der Waals surface area contributed by atoms with Gasteiger partial charge in [-0.1, -0.05) is 0 Å². The lowest BCUT2D eigenvalue weighted by molar-refractivity contribution is 1.31. The number of nitrogens with one attached hydrogen (secondary N) is 1. The van der Waals surface area contributed by atoms with Crippen LogP contribution in [0.3, 0.4) is 0 Å². The molecule has 0 fully saturated rings. The van der Waals surface area contributed by atoms with Crippen molar-refractivity contribution in [2.24, 2.45) is 0 Å². The molecule has 1 heterocycles. The van der Waals surface area contributed by atoms with Crippen molar-refractivity contribution >= 4 is 47.1 Å². The molecular weight excluding hydrogens is 201 g/mol. The minimum atomic E-state index is 0. The molecule has 0 unspecified atom stereocenters. The average Bonchev–Trinajstić information content (AvgIpc) is 1.76. The van der Waals surface area contributed by atoms with E-state index in [2.05, 4.69) is 9.97 Å². The zero-order valence-corrected chi connectivity index (χ0v) is 7.70. The number of aromatic nitrogens is 2. The molecule has 0 saturated carbocycles. The minimum Gasteiger partial charge on any atom is -0.351 e. The molecule has 0 saturated heterocycles. The van der Waals surface area contributed by atoms with Crippen LogP contribution in [0, 0.1) is 0 Å². The van der Waals surface area contributed by atoms with E-state index in [4.69, 9.17) is 0 Å². The van der Waals surface area contributed by atoms with Crippen molar-refractivity contribution in [3.63, 3.8) is 0 Å². The lowest BCUT2D eigenvalue weighted by atomic mass is 11.0. The van der Waals surface area contributed by atoms with Crippen molar-refractivity contribution in [2.75, 3.05) is 0 Å². The van der Waals surface area contributed by atoms with Gasteiger partial charge in [0.25, 0.3) is 0 Å². The van der Waals surface area contributed by atoms with Crippen molar-refractivity contribution in [2.45, 2.75) is 0 Å². The monoisotopic (exact) mass is 207 g/mol. The van der Waals surface area contributed by atoms with Crippen LogP contribution in [0.1, 0.15) is 0 Å². The van der Waals surface area contributed by atoms with Crippen LogP contribution in [0.4, 0.5) is 0 Å². The van der Waals surface area contributed by atoms with Crippen LogP contribution < -0.4 is 0 Å². The molecule has 1 N–H and O–H groups in total. The van der Waals surface area contributed by atoms with E-state index in [0.717, 1.165) is 0 Å². The van der Waals surface area contributed by atoms with Gasteiger partial charge in [-0.25, -0.2) is 4.98 Å². The first-order valence-electron chi connectivity index (χ1n) is 1.43. The highest BCUT2D eigenvalue weighted by molar-refractivity contribution is 6.92. The standard InChI is InChI=1S/C3H4N2.3ClH.P/c1-2-5-3-4-1;;;;/h1-3H,(H,4,5);3*1H;. The van der Waals surface area contributed by atoms with E-state index < -0.39 is 0 Å². The third kappa shape index (κ3) is 11.9. The summed E-state index contributed by atoms with van der Waals surface area (Å²) in [5, 5.41) is 0. The smallest absolute Gasteiger partial charge is 0.0919 e. The van der Waals surface area contributed by atoms with Gasteiger partial charge < -0.3 is 4.98 Å². The van der Waals surface area contributed by atoms with Gasteiger partial charge >= 0.3 is 0 Å². The Balaban J connectivity index is -0.0000000312. The fourth-order valence-corrected chi connectivity index (χ4v) is 0.215. The van der Waals surface area contributed by atoms with Gasteiger partial charge in [-0.15, -0.1) is 37.2 Å². The number of hydrogen-bond donors (Lipinski definition) is 1. The molecule has 0 aliphatic heterocycles. The molecule has 0 spiro atoms. The highest BCUT2D eigenvalue weighted by Gasteiger charge is 1.56. The van der Waals surface area contributed by atoms with E-state index in [1.54, 1.807) is 18.7 Å². The summed E-state index contributed by atoms with van der Waals surface area (Å²) in [4.78, 5) is 6.42. The van der Waals surface area contributed by atoms with Crippen molar-refractivity contribution in [3.05, 3.63) is 18.7 Å².